The number of alkyl carbamates (subject to hydrolysis) is 1. The van der Waals surface area contributed by atoms with Crippen molar-refractivity contribution in [2.24, 2.45) is 0 Å². The Hall–Kier alpha value is -3.35. The Morgan fingerprint density at radius 2 is 1.59 bits per heavy atom. The van der Waals surface area contributed by atoms with Gasteiger partial charge in [-0.05, 0) is 35.1 Å². The van der Waals surface area contributed by atoms with E-state index >= 15 is 0 Å². The van der Waals surface area contributed by atoms with Crippen molar-refractivity contribution in [3.63, 3.8) is 0 Å². The zero-order valence-corrected chi connectivity index (χ0v) is 20.0. The highest BCUT2D eigenvalue weighted by molar-refractivity contribution is 5.86. The molecule has 2 N–H and O–H groups in total. The van der Waals surface area contributed by atoms with E-state index in [1.165, 1.54) is 4.90 Å². The Morgan fingerprint density at radius 1 is 0.971 bits per heavy atom. The molecule has 0 fully saturated rings. The predicted molar refractivity (Wildman–Crippen MR) is 131 cm³/mol. The second kappa shape index (κ2) is 12.2. The van der Waals surface area contributed by atoms with Crippen molar-refractivity contribution in [2.75, 3.05) is 19.7 Å². The zero-order valence-electron chi connectivity index (χ0n) is 20.0. The summed E-state index contributed by atoms with van der Waals surface area (Å²) in [6, 6.07) is 15.5. The lowest BCUT2D eigenvalue weighted by molar-refractivity contribution is -0.139. The number of nitrogens with one attached hydrogen (secondary N) is 1. The number of amides is 2. The van der Waals surface area contributed by atoms with Gasteiger partial charge >= 0.3 is 12.1 Å². The van der Waals surface area contributed by atoms with Crippen LogP contribution >= 0.6 is 0 Å². The molecule has 0 radical (unpaired) electrons. The summed E-state index contributed by atoms with van der Waals surface area (Å²) >= 11 is 0. The van der Waals surface area contributed by atoms with Gasteiger partial charge in [-0.3, -0.25) is 9.59 Å². The largest absolute Gasteiger partial charge is 0.481 e. The molecule has 1 aliphatic rings. The summed E-state index contributed by atoms with van der Waals surface area (Å²) in [6.07, 6.45) is 2.06. The lowest BCUT2D eigenvalue weighted by Gasteiger charge is -2.27. The summed E-state index contributed by atoms with van der Waals surface area (Å²) in [7, 11) is 0. The summed E-state index contributed by atoms with van der Waals surface area (Å²) < 4.78 is 5.62. The summed E-state index contributed by atoms with van der Waals surface area (Å²) in [5.74, 6) is -1.27. The van der Waals surface area contributed by atoms with Crippen LogP contribution in [0.15, 0.2) is 48.5 Å². The smallest absolute Gasteiger partial charge is 0.407 e. The van der Waals surface area contributed by atoms with E-state index < -0.39 is 18.1 Å². The van der Waals surface area contributed by atoms with Crippen LogP contribution in [0.3, 0.4) is 0 Å². The molecular formula is C27H34N2O5. The van der Waals surface area contributed by atoms with Gasteiger partial charge in [-0.2, -0.15) is 0 Å². The van der Waals surface area contributed by atoms with Crippen LogP contribution in [-0.4, -0.2) is 53.7 Å². The van der Waals surface area contributed by atoms with Crippen molar-refractivity contribution in [1.29, 1.82) is 0 Å². The van der Waals surface area contributed by atoms with Crippen LogP contribution in [0.1, 0.15) is 63.0 Å². The van der Waals surface area contributed by atoms with Gasteiger partial charge in [0.2, 0.25) is 5.91 Å². The number of fused-ring (bicyclic) bond motifs is 3. The summed E-state index contributed by atoms with van der Waals surface area (Å²) in [6.45, 7) is 4.69. The summed E-state index contributed by atoms with van der Waals surface area (Å²) in [4.78, 5) is 38.4. The number of nitrogens with zero attached hydrogens (tertiary/aromatic N) is 1. The Bertz CT molecular complexity index is 961. The van der Waals surface area contributed by atoms with E-state index in [1.54, 1.807) is 0 Å². The van der Waals surface area contributed by atoms with Gasteiger partial charge in [0.15, 0.2) is 0 Å². The SMILES string of the molecule is CCCCC(NC(=O)OCC1c2ccccc2-c2ccccc21)C(=O)N(CCC)CCC(=O)O. The second-order valence-corrected chi connectivity index (χ2v) is 8.63. The maximum Gasteiger partial charge on any atom is 0.407 e. The number of carbonyl (C=O) groups excluding carboxylic acids is 2. The number of rotatable bonds is 12. The average molecular weight is 467 g/mol. The molecule has 34 heavy (non-hydrogen) atoms. The van der Waals surface area contributed by atoms with E-state index in [9.17, 15) is 14.4 Å². The quantitative estimate of drug-likeness (QED) is 0.469. The highest BCUT2D eigenvalue weighted by atomic mass is 16.5. The topological polar surface area (TPSA) is 95.9 Å². The van der Waals surface area contributed by atoms with E-state index in [4.69, 9.17) is 9.84 Å². The fourth-order valence-corrected chi connectivity index (χ4v) is 4.50. The number of hydrogen-bond acceptors (Lipinski definition) is 4. The van der Waals surface area contributed by atoms with Gasteiger partial charge in [0, 0.05) is 19.0 Å². The van der Waals surface area contributed by atoms with Crippen molar-refractivity contribution in [3.8, 4) is 11.1 Å². The molecule has 182 valence electrons. The van der Waals surface area contributed by atoms with Crippen LogP contribution in [0.4, 0.5) is 4.79 Å². The van der Waals surface area contributed by atoms with E-state index in [0.717, 1.165) is 35.1 Å². The third kappa shape index (κ3) is 6.16. The van der Waals surface area contributed by atoms with E-state index in [2.05, 4.69) is 29.6 Å². The highest BCUT2D eigenvalue weighted by Gasteiger charge is 2.30. The number of aliphatic carboxylic acids is 1. The summed E-state index contributed by atoms with van der Waals surface area (Å²) in [5.41, 5.74) is 4.55. The number of benzene rings is 2. The average Bonchev–Trinajstić information content (AvgIpc) is 3.16. The fourth-order valence-electron chi connectivity index (χ4n) is 4.50. The Kier molecular flexibility index (Phi) is 9.08. The van der Waals surface area contributed by atoms with Gasteiger partial charge in [0.1, 0.15) is 12.6 Å². The van der Waals surface area contributed by atoms with Gasteiger partial charge in [0.25, 0.3) is 0 Å². The van der Waals surface area contributed by atoms with Crippen molar-refractivity contribution in [1.82, 2.24) is 10.2 Å². The highest BCUT2D eigenvalue weighted by Crippen LogP contribution is 2.44. The number of carboxylic acid groups (broad SMARTS) is 1. The molecule has 0 aromatic heterocycles. The third-order valence-electron chi connectivity index (χ3n) is 6.18. The van der Waals surface area contributed by atoms with Crippen LogP contribution in [-0.2, 0) is 14.3 Å². The molecule has 1 aliphatic carbocycles. The van der Waals surface area contributed by atoms with Crippen molar-refractivity contribution >= 4 is 18.0 Å². The first-order valence-corrected chi connectivity index (χ1v) is 12.1. The van der Waals surface area contributed by atoms with Gasteiger partial charge in [-0.15, -0.1) is 0 Å². The Morgan fingerprint density at radius 3 is 2.15 bits per heavy atom. The molecule has 0 saturated carbocycles. The Balaban J connectivity index is 1.67. The minimum atomic E-state index is -0.955. The lowest BCUT2D eigenvalue weighted by atomic mass is 9.98. The maximum absolute atomic E-state index is 13.1. The van der Waals surface area contributed by atoms with Crippen LogP contribution < -0.4 is 5.32 Å². The number of unbranched alkanes of at least 4 members (excludes halogenated alkanes) is 1. The van der Waals surface area contributed by atoms with Gasteiger partial charge < -0.3 is 20.1 Å². The predicted octanol–water partition coefficient (Wildman–Crippen LogP) is 4.80. The first-order chi connectivity index (χ1) is 16.5. The minimum absolute atomic E-state index is 0.0601. The minimum Gasteiger partial charge on any atom is -0.481 e. The third-order valence-corrected chi connectivity index (χ3v) is 6.18. The normalized spacial score (nSPS) is 13.0. The molecule has 1 unspecified atom stereocenters. The van der Waals surface area contributed by atoms with Crippen molar-refractivity contribution < 1.29 is 24.2 Å². The molecule has 0 spiro atoms. The molecule has 7 nitrogen and oxygen atoms in total. The lowest BCUT2D eigenvalue weighted by Crippen LogP contribution is -2.49. The van der Waals surface area contributed by atoms with Crippen LogP contribution in [0.2, 0.25) is 0 Å². The van der Waals surface area contributed by atoms with E-state index in [-0.39, 0.29) is 31.4 Å². The standard InChI is InChI=1S/C27H34N2O5/c1-3-5-14-24(26(32)29(16-4-2)17-15-25(30)31)28-27(33)34-18-23-21-12-8-6-10-19(21)20-11-7-9-13-22(20)23/h6-13,23-24H,3-5,14-18H2,1-2H3,(H,28,33)(H,30,31). The van der Waals surface area contributed by atoms with Crippen LogP contribution in [0.25, 0.3) is 11.1 Å². The second-order valence-electron chi connectivity index (χ2n) is 8.63. The molecule has 0 bridgehead atoms. The monoisotopic (exact) mass is 466 g/mol. The van der Waals surface area contributed by atoms with Gasteiger partial charge in [0.05, 0.1) is 6.42 Å². The van der Waals surface area contributed by atoms with E-state index in [1.807, 2.05) is 38.1 Å². The van der Waals surface area contributed by atoms with E-state index in [0.29, 0.717) is 19.4 Å². The molecule has 0 saturated heterocycles. The van der Waals surface area contributed by atoms with Crippen molar-refractivity contribution in [2.45, 2.75) is 57.9 Å². The first kappa shape index (κ1) is 25.3. The molecule has 0 aliphatic heterocycles. The fraction of sp³-hybridized carbons (Fsp3) is 0.444. The van der Waals surface area contributed by atoms with Gasteiger partial charge in [-0.25, -0.2) is 4.79 Å². The number of carbonyl (C=O) groups is 3. The molecule has 2 amide bonds. The zero-order chi connectivity index (χ0) is 24.5. The molecule has 3 rings (SSSR count). The van der Waals surface area contributed by atoms with Gasteiger partial charge in [-0.1, -0.05) is 75.2 Å². The molecule has 1 atom stereocenters. The maximum atomic E-state index is 13.1. The molecule has 2 aromatic carbocycles. The van der Waals surface area contributed by atoms with Crippen LogP contribution in [0, 0.1) is 0 Å². The number of hydrogen-bond donors (Lipinski definition) is 2. The molecule has 7 heteroatoms. The number of carboxylic acids is 1. The van der Waals surface area contributed by atoms with Crippen LogP contribution in [0.5, 0.6) is 0 Å². The van der Waals surface area contributed by atoms with Crippen molar-refractivity contribution in [3.05, 3.63) is 59.7 Å². The Labute approximate surface area is 201 Å². The number of ether oxygens (including phenoxy) is 1. The molecule has 0 heterocycles. The molecular weight excluding hydrogens is 432 g/mol. The first-order valence-electron chi connectivity index (χ1n) is 12.1. The molecule has 2 aromatic rings. The summed E-state index contributed by atoms with van der Waals surface area (Å²) in [5, 5.41) is 11.8.